The normalized spacial score (nSPS) is 20.4. The molecule has 0 aliphatic heterocycles. The molecule has 0 radical (unpaired) electrons. The summed E-state index contributed by atoms with van der Waals surface area (Å²) in [4.78, 5) is 0. The van der Waals surface area contributed by atoms with Crippen LogP contribution in [-0.2, 0) is 12.8 Å². The van der Waals surface area contributed by atoms with Gasteiger partial charge in [-0.25, -0.2) is 0 Å². The van der Waals surface area contributed by atoms with Gasteiger partial charge in [-0.05, 0) is 35.1 Å². The van der Waals surface area contributed by atoms with Crippen molar-refractivity contribution >= 4 is 0 Å². The van der Waals surface area contributed by atoms with Crippen LogP contribution in [0.5, 0.6) is 0 Å². The maximum Gasteiger partial charge on any atom is 0.105 e. The molecule has 1 N–H and O–H groups in total. The maximum atomic E-state index is 5.38. The molecule has 3 rings (SSSR count). The van der Waals surface area contributed by atoms with E-state index in [0.29, 0.717) is 6.04 Å². The third kappa shape index (κ3) is 2.45. The summed E-state index contributed by atoms with van der Waals surface area (Å²) in [5.74, 6) is 1.05. The van der Waals surface area contributed by atoms with Gasteiger partial charge in [0, 0.05) is 19.0 Å². The minimum Gasteiger partial charge on any atom is -0.469 e. The van der Waals surface area contributed by atoms with E-state index in [2.05, 4.69) is 43.4 Å². The molecule has 0 saturated heterocycles. The SMILES string of the molecule is CC1(C)Cc2ccccc2C1NCCc1ccco1. The highest BCUT2D eigenvalue weighted by Gasteiger charge is 2.38. The van der Waals surface area contributed by atoms with Gasteiger partial charge in [-0.2, -0.15) is 0 Å². The zero-order chi connectivity index (χ0) is 13.3. The zero-order valence-corrected chi connectivity index (χ0v) is 11.6. The van der Waals surface area contributed by atoms with E-state index in [4.69, 9.17) is 4.42 Å². The summed E-state index contributed by atoms with van der Waals surface area (Å²) in [6.07, 6.45) is 3.84. The molecule has 0 fully saturated rings. The summed E-state index contributed by atoms with van der Waals surface area (Å²) in [6.45, 7) is 5.64. The average Bonchev–Trinajstić information content (AvgIpc) is 2.96. The van der Waals surface area contributed by atoms with Gasteiger partial charge >= 0.3 is 0 Å². The van der Waals surface area contributed by atoms with Crippen molar-refractivity contribution in [3.8, 4) is 0 Å². The topological polar surface area (TPSA) is 25.2 Å². The fourth-order valence-electron chi connectivity index (χ4n) is 3.17. The van der Waals surface area contributed by atoms with Crippen LogP contribution >= 0.6 is 0 Å². The maximum absolute atomic E-state index is 5.38. The Morgan fingerprint density at radius 2 is 2.05 bits per heavy atom. The van der Waals surface area contributed by atoms with E-state index in [0.717, 1.165) is 25.1 Å². The van der Waals surface area contributed by atoms with Gasteiger partial charge in [-0.1, -0.05) is 38.1 Å². The summed E-state index contributed by atoms with van der Waals surface area (Å²) < 4.78 is 5.38. The number of rotatable bonds is 4. The second-order valence-corrected chi connectivity index (χ2v) is 6.08. The molecule has 1 aromatic carbocycles. The van der Waals surface area contributed by atoms with Crippen LogP contribution < -0.4 is 5.32 Å². The van der Waals surface area contributed by atoms with Crippen LogP contribution in [0.2, 0.25) is 0 Å². The van der Waals surface area contributed by atoms with Gasteiger partial charge in [0.1, 0.15) is 5.76 Å². The Morgan fingerprint density at radius 3 is 2.84 bits per heavy atom. The first kappa shape index (κ1) is 12.5. The lowest BCUT2D eigenvalue weighted by Crippen LogP contribution is -2.32. The largest absolute Gasteiger partial charge is 0.469 e. The summed E-state index contributed by atoms with van der Waals surface area (Å²) in [6, 6.07) is 13.2. The monoisotopic (exact) mass is 255 g/mol. The van der Waals surface area contributed by atoms with Gasteiger partial charge in [-0.3, -0.25) is 0 Å². The van der Waals surface area contributed by atoms with Gasteiger partial charge in [0.15, 0.2) is 0 Å². The second kappa shape index (κ2) is 4.86. The number of nitrogens with one attached hydrogen (secondary N) is 1. The van der Waals surface area contributed by atoms with Crippen molar-refractivity contribution < 1.29 is 4.42 Å². The Kier molecular flexibility index (Phi) is 3.19. The Morgan fingerprint density at radius 1 is 1.21 bits per heavy atom. The Hall–Kier alpha value is -1.54. The zero-order valence-electron chi connectivity index (χ0n) is 11.6. The molecule has 1 unspecified atom stereocenters. The Balaban J connectivity index is 1.69. The molecule has 0 saturated carbocycles. The Bertz CT molecular complexity index is 542. The molecular weight excluding hydrogens is 234 g/mol. The minimum atomic E-state index is 0.285. The third-order valence-corrected chi connectivity index (χ3v) is 4.09. The van der Waals surface area contributed by atoms with Crippen molar-refractivity contribution in [3.63, 3.8) is 0 Å². The van der Waals surface area contributed by atoms with Crippen LogP contribution in [0, 0.1) is 5.41 Å². The highest BCUT2D eigenvalue weighted by atomic mass is 16.3. The molecule has 1 aliphatic rings. The standard InChI is InChI=1S/C17H21NO/c1-17(2)12-13-6-3-4-8-15(13)16(17)18-10-9-14-7-5-11-19-14/h3-8,11,16,18H,9-10,12H2,1-2H3. The fraction of sp³-hybridized carbons (Fsp3) is 0.412. The first-order chi connectivity index (χ1) is 9.17. The molecule has 0 bridgehead atoms. The molecule has 1 aromatic heterocycles. The highest BCUT2D eigenvalue weighted by Crippen LogP contribution is 2.44. The number of fused-ring (bicyclic) bond motifs is 1. The van der Waals surface area contributed by atoms with Gasteiger partial charge < -0.3 is 9.73 Å². The lowest BCUT2D eigenvalue weighted by atomic mass is 9.85. The molecule has 19 heavy (non-hydrogen) atoms. The van der Waals surface area contributed by atoms with Gasteiger partial charge in [-0.15, -0.1) is 0 Å². The summed E-state index contributed by atoms with van der Waals surface area (Å²) in [7, 11) is 0. The number of furan rings is 1. The molecule has 2 heteroatoms. The van der Waals surface area contributed by atoms with Crippen LogP contribution in [0.15, 0.2) is 47.1 Å². The summed E-state index contributed by atoms with van der Waals surface area (Å²) in [5.41, 5.74) is 3.24. The first-order valence-electron chi connectivity index (χ1n) is 7.00. The van der Waals surface area contributed by atoms with Crippen molar-refractivity contribution in [1.82, 2.24) is 5.32 Å². The Labute approximate surface area is 114 Å². The van der Waals surface area contributed by atoms with E-state index >= 15 is 0 Å². The molecule has 100 valence electrons. The lowest BCUT2D eigenvalue weighted by Gasteiger charge is -2.28. The fourth-order valence-corrected chi connectivity index (χ4v) is 3.17. The van der Waals surface area contributed by atoms with Crippen molar-refractivity contribution in [2.75, 3.05) is 6.54 Å². The number of benzene rings is 1. The van der Waals surface area contributed by atoms with E-state index in [1.54, 1.807) is 6.26 Å². The van der Waals surface area contributed by atoms with Gasteiger partial charge in [0.25, 0.3) is 0 Å². The minimum absolute atomic E-state index is 0.285. The molecule has 1 atom stereocenters. The van der Waals surface area contributed by atoms with Crippen LogP contribution in [0.1, 0.15) is 36.8 Å². The molecule has 0 spiro atoms. The van der Waals surface area contributed by atoms with Crippen LogP contribution in [0.25, 0.3) is 0 Å². The van der Waals surface area contributed by atoms with Gasteiger partial charge in [0.05, 0.1) is 6.26 Å². The van der Waals surface area contributed by atoms with E-state index < -0.39 is 0 Å². The molecule has 1 aliphatic carbocycles. The number of hydrogen-bond donors (Lipinski definition) is 1. The first-order valence-corrected chi connectivity index (χ1v) is 7.00. The molecule has 1 heterocycles. The van der Waals surface area contributed by atoms with Crippen LogP contribution in [0.4, 0.5) is 0 Å². The van der Waals surface area contributed by atoms with E-state index in [1.165, 1.54) is 11.1 Å². The van der Waals surface area contributed by atoms with E-state index in [-0.39, 0.29) is 5.41 Å². The van der Waals surface area contributed by atoms with Crippen LogP contribution in [0.3, 0.4) is 0 Å². The van der Waals surface area contributed by atoms with Crippen molar-refractivity contribution in [1.29, 1.82) is 0 Å². The predicted molar refractivity (Wildman–Crippen MR) is 77.1 cm³/mol. The summed E-state index contributed by atoms with van der Waals surface area (Å²) >= 11 is 0. The average molecular weight is 255 g/mol. The van der Waals surface area contributed by atoms with E-state index in [9.17, 15) is 0 Å². The second-order valence-electron chi connectivity index (χ2n) is 6.08. The molecular formula is C17H21NO. The molecule has 2 nitrogen and oxygen atoms in total. The lowest BCUT2D eigenvalue weighted by molar-refractivity contribution is 0.269. The quantitative estimate of drug-likeness (QED) is 0.900. The third-order valence-electron chi connectivity index (χ3n) is 4.09. The predicted octanol–water partition coefficient (Wildman–Crippen LogP) is 3.74. The molecule has 0 amide bonds. The van der Waals surface area contributed by atoms with Crippen molar-refractivity contribution in [3.05, 3.63) is 59.5 Å². The van der Waals surface area contributed by atoms with E-state index in [1.807, 2.05) is 12.1 Å². The smallest absolute Gasteiger partial charge is 0.105 e. The van der Waals surface area contributed by atoms with Gasteiger partial charge in [0.2, 0.25) is 0 Å². The molecule has 2 aromatic rings. The summed E-state index contributed by atoms with van der Waals surface area (Å²) in [5, 5.41) is 3.71. The van der Waals surface area contributed by atoms with Crippen molar-refractivity contribution in [2.45, 2.75) is 32.7 Å². The van der Waals surface area contributed by atoms with Crippen molar-refractivity contribution in [2.24, 2.45) is 5.41 Å². The highest BCUT2D eigenvalue weighted by molar-refractivity contribution is 5.37. The number of hydrogen-bond acceptors (Lipinski definition) is 2. The van der Waals surface area contributed by atoms with Crippen LogP contribution in [-0.4, -0.2) is 6.54 Å².